The largest absolute Gasteiger partial charge is 0.343 e. The van der Waals surface area contributed by atoms with Crippen LogP contribution in [0.5, 0.6) is 0 Å². The van der Waals surface area contributed by atoms with E-state index in [9.17, 15) is 19.2 Å². The molecule has 0 bridgehead atoms. The monoisotopic (exact) mass is 274 g/mol. The summed E-state index contributed by atoms with van der Waals surface area (Å²) in [7, 11) is 0. The molecule has 0 aromatic heterocycles. The molecule has 0 rings (SSSR count). The van der Waals surface area contributed by atoms with Crippen molar-refractivity contribution in [2.24, 2.45) is 11.5 Å². The summed E-state index contributed by atoms with van der Waals surface area (Å²) in [6.45, 7) is -0.290. The molecule has 0 radical (unpaired) electrons. The van der Waals surface area contributed by atoms with Crippen LogP contribution in [0.1, 0.15) is 12.8 Å². The Hall–Kier alpha value is -2.20. The highest BCUT2D eigenvalue weighted by Crippen LogP contribution is 1.80. The minimum atomic E-state index is -0.572. The Morgan fingerprint density at radius 1 is 0.632 bits per heavy atom. The van der Waals surface area contributed by atoms with Crippen molar-refractivity contribution in [2.45, 2.75) is 12.8 Å². The Morgan fingerprint density at radius 2 is 0.947 bits per heavy atom. The van der Waals surface area contributed by atoms with Gasteiger partial charge in [0.15, 0.2) is 0 Å². The van der Waals surface area contributed by atoms with Crippen molar-refractivity contribution in [1.29, 1.82) is 0 Å². The van der Waals surface area contributed by atoms with Gasteiger partial charge in [0.2, 0.25) is 23.6 Å². The first-order valence-electron chi connectivity index (χ1n) is 5.46. The number of nitrogens with two attached hydrogens (primary N) is 2. The van der Waals surface area contributed by atoms with Crippen LogP contribution < -0.4 is 32.7 Å². The summed E-state index contributed by atoms with van der Waals surface area (Å²) in [6.07, 6.45) is -0.776. The van der Waals surface area contributed by atoms with Crippen molar-refractivity contribution >= 4 is 23.6 Å². The summed E-state index contributed by atoms with van der Waals surface area (Å²) in [6, 6.07) is 0. The lowest BCUT2D eigenvalue weighted by atomic mass is 10.3. The van der Waals surface area contributed by atoms with E-state index >= 15 is 0 Å². The molecule has 0 unspecified atom stereocenters. The molecule has 0 atom stereocenters. The smallest absolute Gasteiger partial charge is 0.230 e. The maximum atomic E-state index is 11.2. The number of carbonyl (C=O) groups excluding carboxylic acids is 4. The van der Waals surface area contributed by atoms with E-state index in [4.69, 9.17) is 11.5 Å². The first kappa shape index (κ1) is 16.8. The molecule has 8 N–H and O–H groups in total. The summed E-state index contributed by atoms with van der Waals surface area (Å²) in [4.78, 5) is 44.3. The van der Waals surface area contributed by atoms with Gasteiger partial charge in [0.1, 0.15) is 12.8 Å². The molecule has 0 aromatic carbocycles. The molecule has 0 fully saturated rings. The molecule has 10 nitrogen and oxygen atoms in total. The summed E-state index contributed by atoms with van der Waals surface area (Å²) in [5, 5.41) is 9.04. The Balaban J connectivity index is 3.72. The molecule has 4 amide bonds. The third-order valence-corrected chi connectivity index (χ3v) is 1.81. The third kappa shape index (κ3) is 9.50. The van der Waals surface area contributed by atoms with Gasteiger partial charge in [0.05, 0.1) is 20.0 Å². The maximum Gasteiger partial charge on any atom is 0.230 e. The molecule has 0 aliphatic heterocycles. The number of hydrogen-bond acceptors (Lipinski definition) is 6. The Labute approximate surface area is 109 Å². The number of hydrogen-bond donors (Lipinski definition) is 6. The predicted octanol–water partition coefficient (Wildman–Crippen LogP) is -3.98. The summed E-state index contributed by atoms with van der Waals surface area (Å²) >= 11 is 0. The Morgan fingerprint density at radius 3 is 1.26 bits per heavy atom. The van der Waals surface area contributed by atoms with Crippen LogP contribution in [0.15, 0.2) is 0 Å². The van der Waals surface area contributed by atoms with E-state index in [1.54, 1.807) is 0 Å². The van der Waals surface area contributed by atoms with Crippen molar-refractivity contribution in [2.75, 3.05) is 20.0 Å². The van der Waals surface area contributed by atoms with Crippen molar-refractivity contribution in [3.8, 4) is 0 Å². The summed E-state index contributed by atoms with van der Waals surface area (Å²) in [5.41, 5.74) is 10.1. The summed E-state index contributed by atoms with van der Waals surface area (Å²) in [5.74, 6) is -2.18. The van der Waals surface area contributed by atoms with Crippen LogP contribution in [-0.2, 0) is 19.2 Å². The van der Waals surface area contributed by atoms with Crippen molar-refractivity contribution in [1.82, 2.24) is 21.3 Å². The topological polar surface area (TPSA) is 168 Å². The zero-order valence-corrected chi connectivity index (χ0v) is 10.3. The van der Waals surface area contributed by atoms with Gasteiger partial charge in [-0.25, -0.2) is 0 Å². The standard InChI is InChI=1S/C9H18N6O4/c10-3-12-6(16)1-8(18)14-5-15-9(19)2-7(17)13-4-11/h1-5,10-11H2,(H,12,16)(H,13,17)(H,14,18)(H,15,19). The van der Waals surface area contributed by atoms with Gasteiger partial charge >= 0.3 is 0 Å². The minimum absolute atomic E-state index is 0.0564. The van der Waals surface area contributed by atoms with Gasteiger partial charge in [-0.1, -0.05) is 0 Å². The molecule has 0 aliphatic rings. The molecule has 0 spiro atoms. The second kappa shape index (κ2) is 9.79. The van der Waals surface area contributed by atoms with Crippen LogP contribution in [0, 0.1) is 0 Å². The van der Waals surface area contributed by atoms with Gasteiger partial charge in [-0.3, -0.25) is 19.2 Å². The number of nitrogens with one attached hydrogen (secondary N) is 4. The van der Waals surface area contributed by atoms with E-state index in [0.717, 1.165) is 0 Å². The lowest BCUT2D eigenvalue weighted by molar-refractivity contribution is -0.129. The fourth-order valence-electron chi connectivity index (χ4n) is 1.01. The molecule has 0 aromatic rings. The van der Waals surface area contributed by atoms with E-state index in [2.05, 4.69) is 21.3 Å². The average molecular weight is 274 g/mol. The quantitative estimate of drug-likeness (QED) is 0.195. The molecule has 10 heteroatoms. The van der Waals surface area contributed by atoms with Crippen molar-refractivity contribution < 1.29 is 19.2 Å². The van der Waals surface area contributed by atoms with Gasteiger partial charge in [-0.2, -0.15) is 0 Å². The van der Waals surface area contributed by atoms with Crippen LogP contribution in [0.3, 0.4) is 0 Å². The lowest BCUT2D eigenvalue weighted by Crippen LogP contribution is -2.41. The van der Waals surface area contributed by atoms with Crippen LogP contribution in [0.25, 0.3) is 0 Å². The zero-order valence-electron chi connectivity index (χ0n) is 10.3. The SMILES string of the molecule is NCNC(=O)CC(=O)NCNC(=O)CC(=O)NCN. The van der Waals surface area contributed by atoms with Crippen LogP contribution >= 0.6 is 0 Å². The molecule has 0 heterocycles. The second-order valence-corrected chi connectivity index (χ2v) is 3.34. The first-order chi connectivity index (χ1) is 8.99. The van der Waals surface area contributed by atoms with Gasteiger partial charge < -0.3 is 32.7 Å². The highest BCUT2D eigenvalue weighted by molar-refractivity contribution is 5.98. The van der Waals surface area contributed by atoms with Crippen LogP contribution in [0.4, 0.5) is 0 Å². The molecular formula is C9H18N6O4. The highest BCUT2D eigenvalue weighted by Gasteiger charge is 2.10. The fraction of sp³-hybridized carbons (Fsp3) is 0.556. The molecule has 19 heavy (non-hydrogen) atoms. The average Bonchev–Trinajstić information content (AvgIpc) is 2.28. The van der Waals surface area contributed by atoms with Gasteiger partial charge in [0.25, 0.3) is 0 Å². The molecule has 0 saturated heterocycles. The predicted molar refractivity (Wildman–Crippen MR) is 64.8 cm³/mol. The van der Waals surface area contributed by atoms with E-state index in [0.29, 0.717) is 0 Å². The molecular weight excluding hydrogens is 256 g/mol. The van der Waals surface area contributed by atoms with Gasteiger partial charge in [-0.05, 0) is 0 Å². The number of carbonyl (C=O) groups is 4. The second-order valence-electron chi connectivity index (χ2n) is 3.34. The molecule has 0 saturated carbocycles. The van der Waals surface area contributed by atoms with E-state index < -0.39 is 23.6 Å². The zero-order chi connectivity index (χ0) is 14.7. The minimum Gasteiger partial charge on any atom is -0.343 e. The van der Waals surface area contributed by atoms with Crippen LogP contribution in [-0.4, -0.2) is 43.6 Å². The van der Waals surface area contributed by atoms with E-state index in [1.165, 1.54) is 0 Å². The normalized spacial score (nSPS) is 9.37. The highest BCUT2D eigenvalue weighted by atomic mass is 16.2. The van der Waals surface area contributed by atoms with E-state index in [1.807, 2.05) is 0 Å². The van der Waals surface area contributed by atoms with Crippen LogP contribution in [0.2, 0.25) is 0 Å². The molecule has 0 aliphatic carbocycles. The maximum absolute atomic E-state index is 11.2. The Bertz CT molecular complexity index is 314. The number of amides is 4. The Kier molecular flexibility index (Phi) is 8.66. The lowest BCUT2D eigenvalue weighted by Gasteiger charge is -2.07. The van der Waals surface area contributed by atoms with E-state index in [-0.39, 0.29) is 32.8 Å². The number of rotatable bonds is 8. The fourth-order valence-corrected chi connectivity index (χ4v) is 1.01. The van der Waals surface area contributed by atoms with Crippen molar-refractivity contribution in [3.63, 3.8) is 0 Å². The third-order valence-electron chi connectivity index (χ3n) is 1.81. The molecule has 108 valence electrons. The van der Waals surface area contributed by atoms with Crippen molar-refractivity contribution in [3.05, 3.63) is 0 Å². The first-order valence-corrected chi connectivity index (χ1v) is 5.46. The van der Waals surface area contributed by atoms with Gasteiger partial charge in [-0.15, -0.1) is 0 Å². The van der Waals surface area contributed by atoms with Gasteiger partial charge in [0, 0.05) is 0 Å². The summed E-state index contributed by atoms with van der Waals surface area (Å²) < 4.78 is 0.